The highest BCUT2D eigenvalue weighted by Crippen LogP contribution is 2.14. The number of hydrogen-bond acceptors (Lipinski definition) is 3. The van der Waals surface area contributed by atoms with Gasteiger partial charge in [-0.05, 0) is 25.1 Å². The highest BCUT2D eigenvalue weighted by molar-refractivity contribution is 14.0. The van der Waals surface area contributed by atoms with Gasteiger partial charge in [-0.1, -0.05) is 30.3 Å². The Morgan fingerprint density at radius 3 is 2.41 bits per heavy atom. The molecular formula is C19H24FIN4O2. The minimum absolute atomic E-state index is 0. The summed E-state index contributed by atoms with van der Waals surface area (Å²) in [6, 6.07) is 12.9. The number of nitrogens with one attached hydrogen (secondary N) is 3. The molecule has 0 bridgehead atoms. The van der Waals surface area contributed by atoms with E-state index in [0.29, 0.717) is 31.2 Å². The van der Waals surface area contributed by atoms with E-state index in [2.05, 4.69) is 20.9 Å². The zero-order valence-electron chi connectivity index (χ0n) is 15.0. The summed E-state index contributed by atoms with van der Waals surface area (Å²) in [5.74, 6) is -0.162. The second-order valence-electron chi connectivity index (χ2n) is 5.49. The summed E-state index contributed by atoms with van der Waals surface area (Å²) in [6.07, 6.45) is 0. The zero-order valence-corrected chi connectivity index (χ0v) is 17.4. The van der Waals surface area contributed by atoms with E-state index in [9.17, 15) is 14.3 Å². The molecule has 0 heterocycles. The Morgan fingerprint density at radius 1 is 1.04 bits per heavy atom. The Kier molecular flexibility index (Phi) is 10.2. The lowest BCUT2D eigenvalue weighted by atomic mass is 10.2. The predicted molar refractivity (Wildman–Crippen MR) is 115 cm³/mol. The Bertz CT molecular complexity index is 771. The number of phenols is 1. The quantitative estimate of drug-likeness (QED) is 0.210. The maximum Gasteiger partial charge on any atom is 0.255 e. The van der Waals surface area contributed by atoms with E-state index in [1.807, 2.05) is 6.92 Å². The zero-order chi connectivity index (χ0) is 18.8. The molecule has 0 unspecified atom stereocenters. The van der Waals surface area contributed by atoms with Gasteiger partial charge >= 0.3 is 0 Å². The number of para-hydroxylation sites is 1. The van der Waals surface area contributed by atoms with Gasteiger partial charge in [0.25, 0.3) is 5.91 Å². The van der Waals surface area contributed by atoms with Crippen LogP contribution >= 0.6 is 24.0 Å². The summed E-state index contributed by atoms with van der Waals surface area (Å²) in [7, 11) is 0. The van der Waals surface area contributed by atoms with Crippen LogP contribution in [0.5, 0.6) is 5.75 Å². The molecule has 0 saturated heterocycles. The average Bonchev–Trinajstić information content (AvgIpc) is 2.64. The van der Waals surface area contributed by atoms with Gasteiger partial charge in [-0.2, -0.15) is 0 Å². The van der Waals surface area contributed by atoms with Crippen LogP contribution in [0.2, 0.25) is 0 Å². The molecule has 2 aromatic rings. The maximum atomic E-state index is 13.6. The van der Waals surface area contributed by atoms with Gasteiger partial charge in [0.2, 0.25) is 0 Å². The summed E-state index contributed by atoms with van der Waals surface area (Å²) in [4.78, 5) is 16.3. The van der Waals surface area contributed by atoms with Crippen LogP contribution in [0.4, 0.5) is 4.39 Å². The summed E-state index contributed by atoms with van der Waals surface area (Å²) in [6.45, 7) is 3.58. The molecule has 0 aromatic heterocycles. The third kappa shape index (κ3) is 7.41. The van der Waals surface area contributed by atoms with Gasteiger partial charge in [0.1, 0.15) is 11.6 Å². The van der Waals surface area contributed by atoms with Gasteiger partial charge in [0, 0.05) is 25.2 Å². The lowest BCUT2D eigenvalue weighted by molar-refractivity contribution is 0.0951. The molecule has 0 radical (unpaired) electrons. The molecule has 0 atom stereocenters. The summed E-state index contributed by atoms with van der Waals surface area (Å²) in [5, 5.41) is 18.5. The van der Waals surface area contributed by atoms with Gasteiger partial charge in [-0.3, -0.25) is 4.79 Å². The standard InChI is InChI=1S/C19H23FN4O2.HI/c1-2-21-19(24-13-14-7-3-5-9-16(14)20)23-12-11-22-18(26)15-8-4-6-10-17(15)25;/h3-10,25H,2,11-13H2,1H3,(H,22,26)(H2,21,23,24);1H. The molecule has 0 saturated carbocycles. The SMILES string of the molecule is CCNC(=NCc1ccccc1F)NCCNC(=O)c1ccccc1O.I. The lowest BCUT2D eigenvalue weighted by Crippen LogP contribution is -2.41. The topological polar surface area (TPSA) is 85.8 Å². The molecule has 0 aliphatic rings. The average molecular weight is 486 g/mol. The first-order chi connectivity index (χ1) is 12.6. The van der Waals surface area contributed by atoms with Crippen molar-refractivity contribution >= 4 is 35.8 Å². The van der Waals surface area contributed by atoms with Crippen molar-refractivity contribution in [3.8, 4) is 5.75 Å². The van der Waals surface area contributed by atoms with Gasteiger partial charge in [0.05, 0.1) is 12.1 Å². The Balaban J connectivity index is 0.00000364. The highest BCUT2D eigenvalue weighted by Gasteiger charge is 2.09. The smallest absolute Gasteiger partial charge is 0.255 e. The van der Waals surface area contributed by atoms with Crippen LogP contribution in [0.25, 0.3) is 0 Å². The van der Waals surface area contributed by atoms with E-state index in [-0.39, 0.29) is 53.6 Å². The lowest BCUT2D eigenvalue weighted by Gasteiger charge is -2.12. The van der Waals surface area contributed by atoms with Gasteiger partial charge < -0.3 is 21.1 Å². The second kappa shape index (κ2) is 12.1. The van der Waals surface area contributed by atoms with Crippen molar-refractivity contribution in [2.24, 2.45) is 4.99 Å². The molecule has 27 heavy (non-hydrogen) atoms. The van der Waals surface area contributed by atoms with Crippen molar-refractivity contribution in [1.29, 1.82) is 0 Å². The number of halogens is 2. The van der Waals surface area contributed by atoms with Crippen LogP contribution in [0.3, 0.4) is 0 Å². The summed E-state index contributed by atoms with van der Waals surface area (Å²) in [5.41, 5.74) is 0.741. The number of aromatic hydroxyl groups is 1. The van der Waals surface area contributed by atoms with Crippen LogP contribution in [-0.4, -0.2) is 36.6 Å². The van der Waals surface area contributed by atoms with Crippen molar-refractivity contribution in [1.82, 2.24) is 16.0 Å². The van der Waals surface area contributed by atoms with Crippen LogP contribution < -0.4 is 16.0 Å². The molecule has 8 heteroatoms. The van der Waals surface area contributed by atoms with E-state index in [0.717, 1.165) is 0 Å². The third-order valence-electron chi connectivity index (χ3n) is 3.56. The number of aliphatic imine (C=N–C) groups is 1. The van der Waals surface area contributed by atoms with Crippen molar-refractivity contribution < 1.29 is 14.3 Å². The van der Waals surface area contributed by atoms with Crippen molar-refractivity contribution in [3.05, 3.63) is 65.5 Å². The Labute approximate surface area is 175 Å². The van der Waals surface area contributed by atoms with E-state index in [1.54, 1.807) is 36.4 Å². The molecule has 0 aliphatic carbocycles. The number of amides is 1. The van der Waals surface area contributed by atoms with Crippen LogP contribution in [0, 0.1) is 5.82 Å². The first-order valence-electron chi connectivity index (χ1n) is 8.43. The third-order valence-corrected chi connectivity index (χ3v) is 3.56. The second-order valence-corrected chi connectivity index (χ2v) is 5.49. The maximum absolute atomic E-state index is 13.6. The number of benzene rings is 2. The molecule has 2 rings (SSSR count). The van der Waals surface area contributed by atoms with Crippen molar-refractivity contribution in [3.63, 3.8) is 0 Å². The molecule has 146 valence electrons. The molecule has 1 amide bonds. The molecule has 0 aliphatic heterocycles. The molecular weight excluding hydrogens is 462 g/mol. The van der Waals surface area contributed by atoms with Gasteiger partial charge in [-0.15, -0.1) is 24.0 Å². The Morgan fingerprint density at radius 2 is 1.70 bits per heavy atom. The number of rotatable bonds is 7. The number of phenolic OH excluding ortho intramolecular Hbond substituents is 1. The number of guanidine groups is 1. The van der Waals surface area contributed by atoms with Gasteiger partial charge in [-0.25, -0.2) is 9.38 Å². The fraction of sp³-hybridized carbons (Fsp3) is 0.263. The van der Waals surface area contributed by atoms with Crippen molar-refractivity contribution in [2.75, 3.05) is 19.6 Å². The first kappa shape index (κ1) is 22.7. The van der Waals surface area contributed by atoms with Gasteiger partial charge in [0.15, 0.2) is 5.96 Å². The molecule has 4 N–H and O–H groups in total. The van der Waals surface area contributed by atoms with Crippen LogP contribution in [-0.2, 0) is 6.54 Å². The van der Waals surface area contributed by atoms with E-state index < -0.39 is 0 Å². The monoisotopic (exact) mass is 486 g/mol. The predicted octanol–water partition coefficient (Wildman–Crippen LogP) is 2.63. The Hall–Kier alpha value is -2.36. The number of hydrogen-bond donors (Lipinski definition) is 4. The molecule has 2 aromatic carbocycles. The van der Waals surface area contributed by atoms with Crippen molar-refractivity contribution in [2.45, 2.75) is 13.5 Å². The largest absolute Gasteiger partial charge is 0.507 e. The molecule has 0 spiro atoms. The number of carbonyl (C=O) groups excluding carboxylic acids is 1. The normalized spacial score (nSPS) is 10.7. The van der Waals surface area contributed by atoms with Crippen LogP contribution in [0.15, 0.2) is 53.5 Å². The fourth-order valence-corrected chi connectivity index (χ4v) is 2.25. The molecule has 6 nitrogen and oxygen atoms in total. The first-order valence-corrected chi connectivity index (χ1v) is 8.43. The summed E-state index contributed by atoms with van der Waals surface area (Å²) >= 11 is 0. The van der Waals surface area contributed by atoms with E-state index >= 15 is 0 Å². The number of nitrogens with zero attached hydrogens (tertiary/aromatic N) is 1. The van der Waals surface area contributed by atoms with Crippen LogP contribution in [0.1, 0.15) is 22.8 Å². The minimum atomic E-state index is -0.349. The molecule has 0 fully saturated rings. The highest BCUT2D eigenvalue weighted by atomic mass is 127. The number of carbonyl (C=O) groups is 1. The fourth-order valence-electron chi connectivity index (χ4n) is 2.25. The summed E-state index contributed by atoms with van der Waals surface area (Å²) < 4.78 is 13.6. The minimum Gasteiger partial charge on any atom is -0.507 e. The van der Waals surface area contributed by atoms with E-state index in [4.69, 9.17) is 0 Å². The van der Waals surface area contributed by atoms with E-state index in [1.165, 1.54) is 12.1 Å².